The molecule has 0 N–H and O–H groups in total. The van der Waals surface area contributed by atoms with E-state index in [-0.39, 0.29) is 63.5 Å². The van der Waals surface area contributed by atoms with Gasteiger partial charge in [-0.1, -0.05) is 13.8 Å². The van der Waals surface area contributed by atoms with Gasteiger partial charge in [-0.3, -0.25) is 9.59 Å². The third-order valence-electron chi connectivity index (χ3n) is 14.5. The highest BCUT2D eigenvalue weighted by atomic mass is 79.9. The Bertz CT molecular complexity index is 1010. The van der Waals surface area contributed by atoms with Crippen molar-refractivity contribution in [1.29, 1.82) is 0 Å². The number of hydrogen-bond acceptors (Lipinski definition) is 4. The summed E-state index contributed by atoms with van der Waals surface area (Å²) in [7, 11) is 4.94. The Hall–Kier alpha value is -0.180. The zero-order valence-electron chi connectivity index (χ0n) is 27.9. The Kier molecular flexibility index (Phi) is 10.9. The van der Waals surface area contributed by atoms with Crippen molar-refractivity contribution in [1.82, 2.24) is 0 Å². The number of esters is 2. The van der Waals surface area contributed by atoms with E-state index in [1.54, 1.807) is 13.8 Å². The summed E-state index contributed by atoms with van der Waals surface area (Å²) in [6, 6.07) is 0.846. The largest absolute Gasteiger partial charge is 1.00 e. The molecule has 6 nitrogen and oxygen atoms in total. The second kappa shape index (κ2) is 13.1. The summed E-state index contributed by atoms with van der Waals surface area (Å²) >= 11 is 0. The van der Waals surface area contributed by atoms with E-state index in [9.17, 15) is 9.59 Å². The van der Waals surface area contributed by atoms with Crippen molar-refractivity contribution in [3.63, 3.8) is 0 Å². The molecule has 0 aromatic carbocycles. The number of piperidine rings is 2. The number of halogens is 2. The van der Waals surface area contributed by atoms with Gasteiger partial charge in [0.1, 0.15) is 12.1 Å². The number of likely N-dealkylation sites (N-methyl/N-ethyl adjacent to an activating group) is 2. The molecule has 2 heterocycles. The van der Waals surface area contributed by atoms with Gasteiger partial charge in [0.15, 0.2) is 12.2 Å². The molecule has 0 aromatic rings. The second-order valence-corrected chi connectivity index (χ2v) is 16.7. The van der Waals surface area contributed by atoms with Crippen molar-refractivity contribution in [3.05, 3.63) is 0 Å². The summed E-state index contributed by atoms with van der Waals surface area (Å²) in [5.74, 6) is 2.52. The van der Waals surface area contributed by atoms with Crippen LogP contribution >= 0.6 is 0 Å². The van der Waals surface area contributed by atoms with Gasteiger partial charge >= 0.3 is 11.9 Å². The van der Waals surface area contributed by atoms with E-state index in [4.69, 9.17) is 9.47 Å². The third-order valence-corrected chi connectivity index (χ3v) is 14.5. The molecule has 6 fully saturated rings. The van der Waals surface area contributed by atoms with E-state index in [1.807, 2.05) is 0 Å². The smallest absolute Gasteiger partial charge is 0.303 e. The zero-order chi connectivity index (χ0) is 29.2. The molecule has 0 amide bonds. The van der Waals surface area contributed by atoms with Crippen LogP contribution in [0.5, 0.6) is 0 Å². The SMILES string of the molecule is CC(=O)O[C@H]1C[C@@H]2CC[C@@H]3C(CC[C@@]4(C)[C@H]3C[C@H]([N+]3(C)CCCCC3)[C@@H]4OC(C)=O)[C@@]2(C)C[C@@H]1[N+]1(C)CCCCC1.[Br-].[Br-]. The van der Waals surface area contributed by atoms with Crippen LogP contribution in [0.3, 0.4) is 0 Å². The van der Waals surface area contributed by atoms with Gasteiger partial charge in [0, 0.05) is 32.1 Å². The Morgan fingerprint density at radius 3 is 1.79 bits per heavy atom. The quantitative estimate of drug-likeness (QED) is 0.305. The molecule has 4 saturated carbocycles. The molecule has 2 aliphatic heterocycles. The average molecular weight is 733 g/mol. The van der Waals surface area contributed by atoms with Crippen LogP contribution in [0.25, 0.3) is 0 Å². The molecule has 0 spiro atoms. The van der Waals surface area contributed by atoms with E-state index >= 15 is 0 Å². The minimum Gasteiger partial charge on any atom is -1.00 e. The maximum Gasteiger partial charge on any atom is 0.303 e. The average Bonchev–Trinajstić information content (AvgIpc) is 3.21. The Labute approximate surface area is 283 Å². The minimum absolute atomic E-state index is 0. The number of ether oxygens (including phenoxy) is 2. The number of carbonyl (C=O) groups excluding carboxylic acids is 2. The van der Waals surface area contributed by atoms with Crippen molar-refractivity contribution >= 4 is 11.9 Å². The zero-order valence-corrected chi connectivity index (χ0v) is 31.1. The summed E-state index contributed by atoms with van der Waals surface area (Å²) in [6.07, 6.45) is 16.4. The highest BCUT2D eigenvalue weighted by molar-refractivity contribution is 5.66. The lowest BCUT2D eigenvalue weighted by Crippen LogP contribution is -3.00. The molecule has 8 heteroatoms. The van der Waals surface area contributed by atoms with Crippen molar-refractivity contribution < 1.29 is 62.0 Å². The lowest BCUT2D eigenvalue weighted by Gasteiger charge is -2.63. The number of quaternary nitrogens is 2. The van der Waals surface area contributed by atoms with Gasteiger partial charge in [0.2, 0.25) is 0 Å². The number of fused-ring (bicyclic) bond motifs is 5. The van der Waals surface area contributed by atoms with Crippen LogP contribution in [-0.4, -0.2) is 85.5 Å². The number of nitrogens with zero attached hydrogens (tertiary/aromatic N) is 2. The van der Waals surface area contributed by atoms with Crippen LogP contribution in [0.2, 0.25) is 0 Å². The van der Waals surface area contributed by atoms with Crippen molar-refractivity contribution in [3.8, 4) is 0 Å². The highest BCUT2D eigenvalue weighted by Gasteiger charge is 2.68. The van der Waals surface area contributed by atoms with Crippen LogP contribution in [-0.2, 0) is 19.1 Å². The topological polar surface area (TPSA) is 52.6 Å². The van der Waals surface area contributed by atoms with Crippen LogP contribution in [0, 0.1) is 34.5 Å². The van der Waals surface area contributed by atoms with Crippen molar-refractivity contribution in [2.24, 2.45) is 34.5 Å². The first-order valence-electron chi connectivity index (χ1n) is 17.4. The van der Waals surface area contributed by atoms with Gasteiger partial charge < -0.3 is 52.4 Å². The maximum atomic E-state index is 12.5. The normalized spacial score (nSPS) is 44.7. The molecule has 4 aliphatic carbocycles. The molecule has 10 atom stereocenters. The van der Waals surface area contributed by atoms with Gasteiger partial charge in [0.05, 0.1) is 40.3 Å². The van der Waals surface area contributed by atoms with Crippen LogP contribution < -0.4 is 34.0 Å². The molecule has 0 aromatic heterocycles. The van der Waals surface area contributed by atoms with Crippen LogP contribution in [0.1, 0.15) is 111 Å². The van der Waals surface area contributed by atoms with Crippen LogP contribution in [0.4, 0.5) is 0 Å². The Morgan fingerprint density at radius 1 is 0.674 bits per heavy atom. The number of hydrogen-bond donors (Lipinski definition) is 0. The van der Waals surface area contributed by atoms with E-state index in [1.165, 1.54) is 103 Å². The van der Waals surface area contributed by atoms with Gasteiger partial charge in [-0.15, -0.1) is 0 Å². The fourth-order valence-electron chi connectivity index (χ4n) is 12.3. The summed E-state index contributed by atoms with van der Waals surface area (Å²) in [5, 5.41) is 0. The first kappa shape index (κ1) is 35.7. The van der Waals surface area contributed by atoms with E-state index in [0.717, 1.165) is 21.3 Å². The molecule has 2 saturated heterocycles. The van der Waals surface area contributed by atoms with E-state index in [0.29, 0.717) is 35.3 Å². The first-order chi connectivity index (χ1) is 19.4. The van der Waals surface area contributed by atoms with Gasteiger partial charge in [-0.05, 0) is 99.7 Å². The fourth-order valence-corrected chi connectivity index (χ4v) is 12.3. The molecule has 1 unspecified atom stereocenters. The summed E-state index contributed by atoms with van der Waals surface area (Å²) < 4.78 is 14.7. The second-order valence-electron chi connectivity index (χ2n) is 16.7. The third kappa shape index (κ3) is 6.15. The van der Waals surface area contributed by atoms with E-state index in [2.05, 4.69) is 27.9 Å². The standard InChI is InChI=1S/C35H60N2O4.2BrH/c1-24(38)40-32-21-26-13-14-27-28(35(26,4)23-31(32)37(6)19-11-8-12-20-37)15-16-34(3)29(27)22-30(33(34)41-25(2)39)36(5)17-9-7-10-18-36;;/h26-33H,7-23H2,1-6H3;2*1H/q+2;;/p-2/t26-,27+,28?,29-,30-,31-,32-,33-,34-,35-;;/m0../s1. The number of rotatable bonds is 4. The van der Waals surface area contributed by atoms with Crippen molar-refractivity contribution in [2.45, 2.75) is 135 Å². The maximum absolute atomic E-state index is 12.5. The molecular weight excluding hydrogens is 672 g/mol. The van der Waals surface area contributed by atoms with Gasteiger partial charge in [-0.25, -0.2) is 0 Å². The molecular formula is C35H60Br2N2O4. The monoisotopic (exact) mass is 730 g/mol. The minimum atomic E-state index is -0.0998. The van der Waals surface area contributed by atoms with Crippen molar-refractivity contribution in [2.75, 3.05) is 40.3 Å². The molecule has 6 rings (SSSR count). The number of likely N-dealkylation sites (tertiary alicyclic amines) is 2. The molecule has 0 radical (unpaired) electrons. The molecule has 6 aliphatic rings. The lowest BCUT2D eigenvalue weighted by atomic mass is 9.44. The van der Waals surface area contributed by atoms with Crippen LogP contribution in [0.15, 0.2) is 0 Å². The molecule has 0 bridgehead atoms. The molecule has 248 valence electrons. The predicted molar refractivity (Wildman–Crippen MR) is 161 cm³/mol. The van der Waals surface area contributed by atoms with Gasteiger partial charge in [-0.2, -0.15) is 0 Å². The predicted octanol–water partition coefficient (Wildman–Crippen LogP) is 0.119. The van der Waals surface area contributed by atoms with Gasteiger partial charge in [0.25, 0.3) is 0 Å². The molecule has 43 heavy (non-hydrogen) atoms. The summed E-state index contributed by atoms with van der Waals surface area (Å²) in [6.45, 7) is 13.3. The highest BCUT2D eigenvalue weighted by Crippen LogP contribution is 2.68. The lowest BCUT2D eigenvalue weighted by molar-refractivity contribution is -0.943. The fraction of sp³-hybridized carbons (Fsp3) is 0.943. The Morgan fingerprint density at radius 2 is 1.23 bits per heavy atom. The summed E-state index contributed by atoms with van der Waals surface area (Å²) in [4.78, 5) is 24.8. The summed E-state index contributed by atoms with van der Waals surface area (Å²) in [5.41, 5.74) is 0.377. The van der Waals surface area contributed by atoms with E-state index < -0.39 is 0 Å². The first-order valence-corrected chi connectivity index (χ1v) is 17.4. The Balaban J connectivity index is 0.00000212. The number of carbonyl (C=O) groups is 2.